The number of benzene rings is 2. The van der Waals surface area contributed by atoms with Crippen molar-refractivity contribution in [3.63, 3.8) is 0 Å². The van der Waals surface area contributed by atoms with Crippen LogP contribution in [0.5, 0.6) is 0 Å². The molecular formula is C16H18BrN. The largest absolute Gasteiger partial charge is 0.316 e. The van der Waals surface area contributed by atoms with E-state index in [1.165, 1.54) is 11.1 Å². The Morgan fingerprint density at radius 1 is 0.944 bits per heavy atom. The average molecular weight is 304 g/mol. The Hall–Kier alpha value is -1.12. The Balaban J connectivity index is 2.01. The quantitative estimate of drug-likeness (QED) is 0.885. The maximum absolute atomic E-state index is 3.52. The van der Waals surface area contributed by atoms with Gasteiger partial charge >= 0.3 is 0 Å². The van der Waals surface area contributed by atoms with Gasteiger partial charge in [-0.05, 0) is 43.1 Å². The zero-order chi connectivity index (χ0) is 12.8. The molecule has 0 aliphatic carbocycles. The van der Waals surface area contributed by atoms with Gasteiger partial charge in [-0.1, -0.05) is 58.4 Å². The maximum atomic E-state index is 3.52. The van der Waals surface area contributed by atoms with Gasteiger partial charge in [-0.3, -0.25) is 0 Å². The van der Waals surface area contributed by atoms with Gasteiger partial charge in [0.2, 0.25) is 0 Å². The van der Waals surface area contributed by atoms with Crippen LogP contribution in [0.3, 0.4) is 0 Å². The minimum Gasteiger partial charge on any atom is -0.316 e. The Morgan fingerprint density at radius 3 is 2.28 bits per heavy atom. The zero-order valence-corrected chi connectivity index (χ0v) is 12.2. The third-order valence-corrected chi connectivity index (χ3v) is 3.60. The molecular weight excluding hydrogens is 286 g/mol. The topological polar surface area (TPSA) is 12.0 Å². The molecule has 1 unspecified atom stereocenters. The van der Waals surface area contributed by atoms with Crippen LogP contribution in [-0.4, -0.2) is 13.1 Å². The number of hydrogen-bond acceptors (Lipinski definition) is 1. The molecule has 0 fully saturated rings. The molecule has 0 saturated carbocycles. The van der Waals surface area contributed by atoms with Crippen molar-refractivity contribution in [3.05, 3.63) is 70.2 Å². The van der Waals surface area contributed by atoms with E-state index in [9.17, 15) is 0 Å². The Morgan fingerprint density at radius 2 is 1.61 bits per heavy atom. The smallest absolute Gasteiger partial charge is 0.0178 e. The molecule has 2 aromatic rings. The van der Waals surface area contributed by atoms with E-state index >= 15 is 0 Å². The van der Waals surface area contributed by atoms with Crippen molar-refractivity contribution in [1.82, 2.24) is 5.32 Å². The fourth-order valence-electron chi connectivity index (χ4n) is 2.12. The highest BCUT2D eigenvalue weighted by atomic mass is 79.9. The standard InChI is InChI=1S/C16H18BrN/c1-18-16(11-13-6-3-2-4-7-13)12-14-8-5-9-15(17)10-14/h2-10,16,18H,11-12H2,1H3. The fourth-order valence-corrected chi connectivity index (χ4v) is 2.57. The molecule has 0 heterocycles. The molecule has 0 aliphatic heterocycles. The lowest BCUT2D eigenvalue weighted by molar-refractivity contribution is 0.556. The van der Waals surface area contributed by atoms with Gasteiger partial charge in [0.1, 0.15) is 0 Å². The first-order valence-corrected chi connectivity index (χ1v) is 7.03. The van der Waals surface area contributed by atoms with E-state index in [0.29, 0.717) is 6.04 Å². The summed E-state index contributed by atoms with van der Waals surface area (Å²) in [5.41, 5.74) is 2.74. The van der Waals surface area contributed by atoms with Gasteiger partial charge in [-0.15, -0.1) is 0 Å². The molecule has 0 saturated heterocycles. The van der Waals surface area contributed by atoms with Crippen molar-refractivity contribution in [3.8, 4) is 0 Å². The van der Waals surface area contributed by atoms with Gasteiger partial charge in [-0.25, -0.2) is 0 Å². The van der Waals surface area contributed by atoms with Crippen molar-refractivity contribution in [2.24, 2.45) is 0 Å². The van der Waals surface area contributed by atoms with Crippen LogP contribution in [0.25, 0.3) is 0 Å². The summed E-state index contributed by atoms with van der Waals surface area (Å²) in [7, 11) is 2.03. The summed E-state index contributed by atoms with van der Waals surface area (Å²) in [5.74, 6) is 0. The van der Waals surface area contributed by atoms with Crippen LogP contribution in [0.2, 0.25) is 0 Å². The van der Waals surface area contributed by atoms with Gasteiger partial charge in [-0.2, -0.15) is 0 Å². The molecule has 0 bridgehead atoms. The van der Waals surface area contributed by atoms with Crippen molar-refractivity contribution in [2.75, 3.05) is 7.05 Å². The summed E-state index contributed by atoms with van der Waals surface area (Å²) in [6, 6.07) is 19.6. The second kappa shape index (κ2) is 6.72. The molecule has 0 amide bonds. The summed E-state index contributed by atoms with van der Waals surface area (Å²) in [5, 5.41) is 3.40. The normalized spacial score (nSPS) is 12.3. The summed E-state index contributed by atoms with van der Waals surface area (Å²) >= 11 is 3.52. The molecule has 2 rings (SSSR count). The third kappa shape index (κ3) is 3.97. The highest BCUT2D eigenvalue weighted by Gasteiger charge is 2.08. The number of nitrogens with one attached hydrogen (secondary N) is 1. The molecule has 0 aliphatic rings. The predicted molar refractivity (Wildman–Crippen MR) is 80.8 cm³/mol. The lowest BCUT2D eigenvalue weighted by Crippen LogP contribution is -2.29. The third-order valence-electron chi connectivity index (χ3n) is 3.10. The van der Waals surface area contributed by atoms with Crippen LogP contribution in [0, 0.1) is 0 Å². The van der Waals surface area contributed by atoms with E-state index in [-0.39, 0.29) is 0 Å². The molecule has 18 heavy (non-hydrogen) atoms. The van der Waals surface area contributed by atoms with Crippen LogP contribution in [-0.2, 0) is 12.8 Å². The highest BCUT2D eigenvalue weighted by molar-refractivity contribution is 9.10. The minimum absolute atomic E-state index is 0.474. The second-order valence-corrected chi connectivity index (χ2v) is 5.43. The molecule has 0 aromatic heterocycles. The maximum Gasteiger partial charge on any atom is 0.0178 e. The van der Waals surface area contributed by atoms with Crippen molar-refractivity contribution in [1.29, 1.82) is 0 Å². The van der Waals surface area contributed by atoms with Crippen LogP contribution < -0.4 is 5.32 Å². The van der Waals surface area contributed by atoms with E-state index in [2.05, 4.69) is 75.8 Å². The first kappa shape index (κ1) is 13.3. The molecule has 94 valence electrons. The molecule has 0 spiro atoms. The lowest BCUT2D eigenvalue weighted by atomic mass is 9.99. The molecule has 0 radical (unpaired) electrons. The van der Waals surface area contributed by atoms with Gasteiger partial charge in [0.05, 0.1) is 0 Å². The lowest BCUT2D eigenvalue weighted by Gasteiger charge is -2.16. The van der Waals surface area contributed by atoms with E-state index in [4.69, 9.17) is 0 Å². The first-order chi connectivity index (χ1) is 8.78. The summed E-state index contributed by atoms with van der Waals surface area (Å²) in [4.78, 5) is 0. The molecule has 1 nitrogen and oxygen atoms in total. The van der Waals surface area contributed by atoms with Crippen LogP contribution in [0.1, 0.15) is 11.1 Å². The first-order valence-electron chi connectivity index (χ1n) is 6.23. The Kier molecular flexibility index (Phi) is 4.97. The predicted octanol–water partition coefficient (Wildman–Crippen LogP) is 3.82. The minimum atomic E-state index is 0.474. The number of hydrogen-bond donors (Lipinski definition) is 1. The Bertz CT molecular complexity index is 481. The summed E-state index contributed by atoms with van der Waals surface area (Å²) in [6.45, 7) is 0. The number of halogens is 1. The van der Waals surface area contributed by atoms with Crippen molar-refractivity contribution < 1.29 is 0 Å². The average Bonchev–Trinajstić information content (AvgIpc) is 2.39. The summed E-state index contributed by atoms with van der Waals surface area (Å²) < 4.78 is 1.15. The van der Waals surface area contributed by atoms with Gasteiger partial charge in [0, 0.05) is 10.5 Å². The van der Waals surface area contributed by atoms with Crippen molar-refractivity contribution >= 4 is 15.9 Å². The molecule has 2 aromatic carbocycles. The molecule has 1 N–H and O–H groups in total. The summed E-state index contributed by atoms with van der Waals surface area (Å²) in [6.07, 6.45) is 2.11. The van der Waals surface area contributed by atoms with E-state index in [0.717, 1.165) is 17.3 Å². The van der Waals surface area contributed by atoms with E-state index < -0.39 is 0 Å². The van der Waals surface area contributed by atoms with E-state index in [1.54, 1.807) is 0 Å². The number of likely N-dealkylation sites (N-methyl/N-ethyl adjacent to an activating group) is 1. The fraction of sp³-hybridized carbons (Fsp3) is 0.250. The molecule has 2 heteroatoms. The van der Waals surface area contributed by atoms with Crippen LogP contribution >= 0.6 is 15.9 Å². The van der Waals surface area contributed by atoms with Crippen LogP contribution in [0.4, 0.5) is 0 Å². The van der Waals surface area contributed by atoms with Crippen LogP contribution in [0.15, 0.2) is 59.1 Å². The number of rotatable bonds is 5. The van der Waals surface area contributed by atoms with Gasteiger partial charge in [0.25, 0.3) is 0 Å². The van der Waals surface area contributed by atoms with Gasteiger partial charge in [0.15, 0.2) is 0 Å². The SMILES string of the molecule is CNC(Cc1ccccc1)Cc1cccc(Br)c1. The zero-order valence-electron chi connectivity index (χ0n) is 10.6. The van der Waals surface area contributed by atoms with Gasteiger partial charge < -0.3 is 5.32 Å². The second-order valence-electron chi connectivity index (χ2n) is 4.51. The molecule has 1 atom stereocenters. The van der Waals surface area contributed by atoms with Crippen molar-refractivity contribution in [2.45, 2.75) is 18.9 Å². The Labute approximate surface area is 117 Å². The highest BCUT2D eigenvalue weighted by Crippen LogP contribution is 2.14. The monoisotopic (exact) mass is 303 g/mol. The van der Waals surface area contributed by atoms with E-state index in [1.807, 2.05) is 7.05 Å².